The third kappa shape index (κ3) is 3.01. The maximum Gasteiger partial charge on any atom is 0.251 e. The molecule has 0 bridgehead atoms. The number of anilines is 1. The lowest BCUT2D eigenvalue weighted by Crippen LogP contribution is -2.35. The predicted molar refractivity (Wildman–Crippen MR) is 96.1 cm³/mol. The second-order valence-corrected chi connectivity index (χ2v) is 6.58. The first-order chi connectivity index (χ1) is 12.1. The van der Waals surface area contributed by atoms with Gasteiger partial charge in [0.1, 0.15) is 11.6 Å². The Morgan fingerprint density at radius 3 is 2.76 bits per heavy atom. The lowest BCUT2D eigenvalue weighted by Gasteiger charge is -2.33. The summed E-state index contributed by atoms with van der Waals surface area (Å²) in [5.74, 6) is 2.11. The van der Waals surface area contributed by atoms with Crippen molar-refractivity contribution in [2.75, 3.05) is 18.0 Å². The Balaban J connectivity index is 1.58. The van der Waals surface area contributed by atoms with Gasteiger partial charge in [0.15, 0.2) is 5.65 Å². The summed E-state index contributed by atoms with van der Waals surface area (Å²) in [6, 6.07) is 5.72. The summed E-state index contributed by atoms with van der Waals surface area (Å²) in [7, 11) is 0. The van der Waals surface area contributed by atoms with Crippen LogP contribution in [0.25, 0.3) is 5.65 Å². The number of hydrogen-bond acceptors (Lipinski definition) is 5. The molecule has 25 heavy (non-hydrogen) atoms. The zero-order valence-corrected chi connectivity index (χ0v) is 14.6. The highest BCUT2D eigenvalue weighted by atomic mass is 16.1. The second kappa shape index (κ2) is 6.31. The third-order valence-corrected chi connectivity index (χ3v) is 4.87. The lowest BCUT2D eigenvalue weighted by molar-refractivity contribution is 0.489. The Morgan fingerprint density at radius 2 is 2.04 bits per heavy atom. The van der Waals surface area contributed by atoms with E-state index in [2.05, 4.69) is 37.9 Å². The molecule has 0 unspecified atom stereocenters. The molecular formula is C18H22N6O. The van der Waals surface area contributed by atoms with Gasteiger partial charge in [0.05, 0.1) is 11.9 Å². The first kappa shape index (κ1) is 15.8. The number of aryl methyl sites for hydroxylation is 2. The van der Waals surface area contributed by atoms with E-state index in [1.165, 1.54) is 0 Å². The number of nitrogens with zero attached hydrogens (tertiary/aromatic N) is 5. The van der Waals surface area contributed by atoms with Crippen molar-refractivity contribution in [3.63, 3.8) is 0 Å². The monoisotopic (exact) mass is 338 g/mol. The highest BCUT2D eigenvalue weighted by molar-refractivity contribution is 5.51. The molecule has 1 aliphatic heterocycles. The maximum absolute atomic E-state index is 11.7. The van der Waals surface area contributed by atoms with Gasteiger partial charge in [-0.3, -0.25) is 4.79 Å². The van der Waals surface area contributed by atoms with Crippen LogP contribution in [0.1, 0.15) is 42.9 Å². The molecule has 1 saturated heterocycles. The Morgan fingerprint density at radius 1 is 1.24 bits per heavy atom. The Kier molecular flexibility index (Phi) is 3.99. The van der Waals surface area contributed by atoms with Gasteiger partial charge in [-0.15, -0.1) is 0 Å². The van der Waals surface area contributed by atoms with Gasteiger partial charge >= 0.3 is 0 Å². The molecule has 0 radical (unpaired) electrons. The molecule has 1 fully saturated rings. The fourth-order valence-electron chi connectivity index (χ4n) is 3.57. The lowest BCUT2D eigenvalue weighted by atomic mass is 9.93. The molecule has 3 aromatic rings. The summed E-state index contributed by atoms with van der Waals surface area (Å²) in [4.78, 5) is 25.9. The van der Waals surface area contributed by atoms with Gasteiger partial charge in [-0.05, 0) is 26.2 Å². The number of nitrogens with one attached hydrogen (secondary N) is 1. The molecular weight excluding hydrogens is 316 g/mol. The Bertz CT molecular complexity index is 952. The number of aromatic amines is 1. The topological polar surface area (TPSA) is 79.2 Å². The van der Waals surface area contributed by atoms with Crippen LogP contribution in [0.5, 0.6) is 0 Å². The summed E-state index contributed by atoms with van der Waals surface area (Å²) in [6.45, 7) is 5.78. The molecule has 0 amide bonds. The van der Waals surface area contributed by atoms with Crippen LogP contribution in [-0.4, -0.2) is 37.7 Å². The van der Waals surface area contributed by atoms with E-state index in [0.29, 0.717) is 11.7 Å². The molecule has 4 rings (SSSR count). The molecule has 7 nitrogen and oxygen atoms in total. The van der Waals surface area contributed by atoms with Crippen LogP contribution in [0.3, 0.4) is 0 Å². The highest BCUT2D eigenvalue weighted by Crippen LogP contribution is 2.29. The number of rotatable bonds is 3. The van der Waals surface area contributed by atoms with E-state index < -0.39 is 0 Å². The van der Waals surface area contributed by atoms with E-state index in [-0.39, 0.29) is 5.56 Å². The van der Waals surface area contributed by atoms with Gasteiger partial charge in [-0.25, -0.2) is 9.97 Å². The maximum atomic E-state index is 11.7. The van der Waals surface area contributed by atoms with Gasteiger partial charge < -0.3 is 9.88 Å². The predicted octanol–water partition coefficient (Wildman–Crippen LogP) is 2.07. The summed E-state index contributed by atoms with van der Waals surface area (Å²) >= 11 is 0. The van der Waals surface area contributed by atoms with E-state index in [4.69, 9.17) is 0 Å². The van der Waals surface area contributed by atoms with Crippen molar-refractivity contribution >= 4 is 11.5 Å². The molecule has 130 valence electrons. The van der Waals surface area contributed by atoms with E-state index in [9.17, 15) is 4.79 Å². The Hall–Kier alpha value is -2.70. The standard InChI is InChI=1S/C18H22N6O/c1-3-14-10-18(24-16(22-14)4-7-19-24)23-8-5-13(6-9-23)15-11-17(25)21-12(2)20-15/h4,7,10-11,13H,3,5-6,8-9H2,1-2H3,(H,20,21,25). The molecule has 3 aromatic heterocycles. The Labute approximate surface area is 145 Å². The van der Waals surface area contributed by atoms with Crippen molar-refractivity contribution in [1.82, 2.24) is 24.6 Å². The number of piperidine rings is 1. The molecule has 4 heterocycles. The minimum absolute atomic E-state index is 0.0649. The highest BCUT2D eigenvalue weighted by Gasteiger charge is 2.24. The van der Waals surface area contributed by atoms with Gasteiger partial charge in [0.25, 0.3) is 5.56 Å². The number of H-pyrrole nitrogens is 1. The van der Waals surface area contributed by atoms with Crippen molar-refractivity contribution in [2.24, 2.45) is 0 Å². The second-order valence-electron chi connectivity index (χ2n) is 6.58. The van der Waals surface area contributed by atoms with Crippen LogP contribution in [0, 0.1) is 6.92 Å². The normalized spacial score (nSPS) is 15.8. The molecule has 0 aliphatic carbocycles. The molecule has 1 aliphatic rings. The zero-order chi connectivity index (χ0) is 17.4. The molecule has 0 aromatic carbocycles. The fourth-order valence-corrected chi connectivity index (χ4v) is 3.57. The first-order valence-electron chi connectivity index (χ1n) is 8.80. The van der Waals surface area contributed by atoms with Crippen molar-refractivity contribution < 1.29 is 0 Å². The number of hydrogen-bond donors (Lipinski definition) is 1. The number of aromatic nitrogens is 5. The minimum atomic E-state index is -0.0649. The van der Waals surface area contributed by atoms with E-state index in [1.54, 1.807) is 12.3 Å². The van der Waals surface area contributed by atoms with E-state index >= 15 is 0 Å². The smallest absolute Gasteiger partial charge is 0.251 e. The molecule has 7 heteroatoms. The molecule has 0 spiro atoms. The largest absolute Gasteiger partial charge is 0.356 e. The minimum Gasteiger partial charge on any atom is -0.356 e. The average Bonchev–Trinajstić information content (AvgIpc) is 3.08. The van der Waals surface area contributed by atoms with Gasteiger partial charge in [0, 0.05) is 42.9 Å². The van der Waals surface area contributed by atoms with Gasteiger partial charge in [-0.2, -0.15) is 9.61 Å². The van der Waals surface area contributed by atoms with Crippen LogP contribution >= 0.6 is 0 Å². The van der Waals surface area contributed by atoms with Crippen LogP contribution < -0.4 is 10.5 Å². The average molecular weight is 338 g/mol. The van der Waals surface area contributed by atoms with Gasteiger partial charge in [0.2, 0.25) is 0 Å². The SMILES string of the molecule is CCc1cc(N2CCC(c3cc(=O)[nH]c(C)n3)CC2)n2nccc2n1. The molecule has 0 saturated carbocycles. The first-order valence-corrected chi connectivity index (χ1v) is 8.80. The van der Waals surface area contributed by atoms with Crippen molar-refractivity contribution in [3.05, 3.63) is 52.0 Å². The molecule has 1 N–H and O–H groups in total. The van der Waals surface area contributed by atoms with Crippen molar-refractivity contribution in [3.8, 4) is 0 Å². The quantitative estimate of drug-likeness (QED) is 0.791. The van der Waals surface area contributed by atoms with Crippen LogP contribution in [0.4, 0.5) is 5.82 Å². The summed E-state index contributed by atoms with van der Waals surface area (Å²) < 4.78 is 1.91. The van der Waals surface area contributed by atoms with Gasteiger partial charge in [-0.1, -0.05) is 6.92 Å². The van der Waals surface area contributed by atoms with Crippen LogP contribution in [0.2, 0.25) is 0 Å². The third-order valence-electron chi connectivity index (χ3n) is 4.87. The van der Waals surface area contributed by atoms with Crippen LogP contribution in [0.15, 0.2) is 29.2 Å². The zero-order valence-electron chi connectivity index (χ0n) is 14.6. The van der Waals surface area contributed by atoms with E-state index in [1.807, 2.05) is 17.5 Å². The van der Waals surface area contributed by atoms with Crippen LogP contribution in [-0.2, 0) is 6.42 Å². The van der Waals surface area contributed by atoms with E-state index in [0.717, 1.165) is 55.2 Å². The van der Waals surface area contributed by atoms with Crippen molar-refractivity contribution in [1.29, 1.82) is 0 Å². The summed E-state index contributed by atoms with van der Waals surface area (Å²) in [5, 5.41) is 4.42. The molecule has 0 atom stereocenters. The fraction of sp³-hybridized carbons (Fsp3) is 0.444. The number of fused-ring (bicyclic) bond motifs is 1. The summed E-state index contributed by atoms with van der Waals surface area (Å²) in [6.07, 6.45) is 4.65. The van der Waals surface area contributed by atoms with Crippen molar-refractivity contribution in [2.45, 2.75) is 39.0 Å². The summed E-state index contributed by atoms with van der Waals surface area (Å²) in [5.41, 5.74) is 2.82.